The van der Waals surface area contributed by atoms with E-state index in [4.69, 9.17) is 20.2 Å². The van der Waals surface area contributed by atoms with Gasteiger partial charge in [0, 0.05) is 36.4 Å². The first-order chi connectivity index (χ1) is 8.68. The minimum absolute atomic E-state index is 0.0359. The van der Waals surface area contributed by atoms with Crippen molar-refractivity contribution < 1.29 is 17.9 Å². The van der Waals surface area contributed by atoms with Crippen molar-refractivity contribution in [2.45, 2.75) is 33.6 Å². The maximum atomic E-state index is 11.2. The van der Waals surface area contributed by atoms with Crippen molar-refractivity contribution in [3.8, 4) is 0 Å². The first-order valence-corrected chi connectivity index (χ1v) is 9.24. The van der Waals surface area contributed by atoms with E-state index >= 15 is 0 Å². The SMILES string of the molecule is CC(C)(C)C(COCC1CCOCC1)CS(=O)(=O)Cl. The molecule has 6 heteroatoms. The molecular weight excluding hydrogens is 288 g/mol. The Bertz CT molecular complexity index is 355. The number of hydrogen-bond acceptors (Lipinski definition) is 4. The van der Waals surface area contributed by atoms with E-state index in [9.17, 15) is 8.42 Å². The number of hydrogen-bond donors (Lipinski definition) is 0. The first-order valence-electron chi connectivity index (χ1n) is 6.76. The van der Waals surface area contributed by atoms with E-state index in [2.05, 4.69) is 0 Å². The molecule has 1 fully saturated rings. The van der Waals surface area contributed by atoms with Crippen molar-refractivity contribution in [3.63, 3.8) is 0 Å². The van der Waals surface area contributed by atoms with Gasteiger partial charge in [-0.25, -0.2) is 8.42 Å². The molecule has 0 bridgehead atoms. The zero-order valence-electron chi connectivity index (χ0n) is 12.0. The Morgan fingerprint density at radius 1 is 1.32 bits per heavy atom. The highest BCUT2D eigenvalue weighted by molar-refractivity contribution is 8.13. The topological polar surface area (TPSA) is 52.6 Å². The van der Waals surface area contributed by atoms with Crippen LogP contribution >= 0.6 is 10.7 Å². The Labute approximate surface area is 121 Å². The van der Waals surface area contributed by atoms with Gasteiger partial charge in [0.05, 0.1) is 12.4 Å². The molecule has 0 N–H and O–H groups in total. The Balaban J connectivity index is 2.40. The molecule has 0 radical (unpaired) electrons. The maximum absolute atomic E-state index is 11.2. The standard InChI is InChI=1S/C13H25ClO4S/c1-13(2,3)12(10-19(14,15)16)9-18-8-11-4-6-17-7-5-11/h11-12H,4-10H2,1-3H3. The van der Waals surface area contributed by atoms with Crippen molar-refractivity contribution in [1.29, 1.82) is 0 Å². The van der Waals surface area contributed by atoms with Gasteiger partial charge in [0.1, 0.15) is 0 Å². The van der Waals surface area contributed by atoms with Gasteiger partial charge in [-0.3, -0.25) is 0 Å². The smallest absolute Gasteiger partial charge is 0.232 e. The van der Waals surface area contributed by atoms with Crippen LogP contribution in [0.15, 0.2) is 0 Å². The molecule has 0 amide bonds. The Morgan fingerprint density at radius 2 is 1.89 bits per heavy atom. The highest BCUT2D eigenvalue weighted by atomic mass is 35.7. The summed E-state index contributed by atoms with van der Waals surface area (Å²) in [7, 11) is 1.87. The molecule has 4 nitrogen and oxygen atoms in total. The van der Waals surface area contributed by atoms with Gasteiger partial charge < -0.3 is 9.47 Å². The van der Waals surface area contributed by atoms with Crippen LogP contribution in [0.25, 0.3) is 0 Å². The van der Waals surface area contributed by atoms with Crippen molar-refractivity contribution in [2.24, 2.45) is 17.3 Å². The molecule has 114 valence electrons. The number of halogens is 1. The lowest BCUT2D eigenvalue weighted by Gasteiger charge is -2.30. The quantitative estimate of drug-likeness (QED) is 0.708. The van der Waals surface area contributed by atoms with Gasteiger partial charge in [-0.2, -0.15) is 0 Å². The molecule has 1 atom stereocenters. The molecule has 1 aliphatic heterocycles. The van der Waals surface area contributed by atoms with Crippen LogP contribution in [0, 0.1) is 17.3 Å². The summed E-state index contributed by atoms with van der Waals surface area (Å²) in [5.74, 6) is 0.406. The largest absolute Gasteiger partial charge is 0.381 e. The predicted octanol–water partition coefficient (Wildman–Crippen LogP) is 2.66. The molecule has 0 saturated carbocycles. The third-order valence-corrected chi connectivity index (χ3v) is 4.82. The van der Waals surface area contributed by atoms with Crippen LogP contribution in [0.1, 0.15) is 33.6 Å². The molecule has 1 heterocycles. The molecule has 1 aliphatic rings. The fourth-order valence-electron chi connectivity index (χ4n) is 2.08. The van der Waals surface area contributed by atoms with Crippen LogP contribution < -0.4 is 0 Å². The molecule has 0 spiro atoms. The normalized spacial score (nSPS) is 20.4. The van der Waals surface area contributed by atoms with E-state index < -0.39 is 9.05 Å². The summed E-state index contributed by atoms with van der Waals surface area (Å²) < 4.78 is 33.5. The molecule has 1 rings (SSSR count). The maximum Gasteiger partial charge on any atom is 0.232 e. The fraction of sp³-hybridized carbons (Fsp3) is 1.00. The highest BCUT2D eigenvalue weighted by Gasteiger charge is 2.29. The summed E-state index contributed by atoms with van der Waals surface area (Å²) in [5.41, 5.74) is -0.141. The summed E-state index contributed by atoms with van der Waals surface area (Å²) >= 11 is 0. The van der Waals surface area contributed by atoms with E-state index in [0.717, 1.165) is 26.1 Å². The van der Waals surface area contributed by atoms with E-state index in [1.165, 1.54) is 0 Å². The van der Waals surface area contributed by atoms with Gasteiger partial charge in [0.2, 0.25) is 9.05 Å². The number of ether oxygens (including phenoxy) is 2. The molecule has 0 aliphatic carbocycles. The van der Waals surface area contributed by atoms with Gasteiger partial charge in [-0.15, -0.1) is 0 Å². The van der Waals surface area contributed by atoms with E-state index in [1.54, 1.807) is 0 Å². The molecule has 0 aromatic rings. The summed E-state index contributed by atoms with van der Waals surface area (Å²) in [6.07, 6.45) is 2.04. The van der Waals surface area contributed by atoms with E-state index in [0.29, 0.717) is 19.1 Å². The zero-order valence-corrected chi connectivity index (χ0v) is 13.6. The molecule has 0 aromatic carbocycles. The second-order valence-electron chi connectivity index (χ2n) is 6.36. The Hall–Kier alpha value is 0.160. The van der Waals surface area contributed by atoms with Crippen molar-refractivity contribution in [1.82, 2.24) is 0 Å². The zero-order chi connectivity index (χ0) is 14.5. The second kappa shape index (κ2) is 7.25. The molecular formula is C13H25ClO4S. The molecule has 19 heavy (non-hydrogen) atoms. The van der Waals surface area contributed by atoms with E-state index in [1.807, 2.05) is 20.8 Å². The summed E-state index contributed by atoms with van der Waals surface area (Å²) in [6, 6.07) is 0. The summed E-state index contributed by atoms with van der Waals surface area (Å²) in [4.78, 5) is 0. The van der Waals surface area contributed by atoms with Crippen molar-refractivity contribution in [2.75, 3.05) is 32.2 Å². The van der Waals surface area contributed by atoms with Gasteiger partial charge in [-0.05, 0) is 24.2 Å². The van der Waals surface area contributed by atoms with E-state index in [-0.39, 0.29) is 17.1 Å². The van der Waals surface area contributed by atoms with Crippen LogP contribution in [0.3, 0.4) is 0 Å². The highest BCUT2D eigenvalue weighted by Crippen LogP contribution is 2.29. The van der Waals surface area contributed by atoms with Crippen molar-refractivity contribution >= 4 is 19.7 Å². The first kappa shape index (κ1) is 17.2. The van der Waals surface area contributed by atoms with Gasteiger partial charge in [-0.1, -0.05) is 20.8 Å². The van der Waals surface area contributed by atoms with Crippen molar-refractivity contribution in [3.05, 3.63) is 0 Å². The lowest BCUT2D eigenvalue weighted by molar-refractivity contribution is 0.00166. The monoisotopic (exact) mass is 312 g/mol. The van der Waals surface area contributed by atoms with Gasteiger partial charge in [0.15, 0.2) is 0 Å². The third kappa shape index (κ3) is 7.49. The fourth-order valence-corrected chi connectivity index (χ4v) is 3.61. The van der Waals surface area contributed by atoms with Gasteiger partial charge >= 0.3 is 0 Å². The van der Waals surface area contributed by atoms with Crippen LogP contribution in [-0.2, 0) is 18.5 Å². The lowest BCUT2D eigenvalue weighted by Crippen LogP contribution is -2.32. The average molecular weight is 313 g/mol. The second-order valence-corrected chi connectivity index (χ2v) is 9.18. The molecule has 0 aromatic heterocycles. The average Bonchev–Trinajstić information content (AvgIpc) is 2.26. The lowest BCUT2D eigenvalue weighted by atomic mass is 9.82. The molecule has 1 unspecified atom stereocenters. The molecule has 1 saturated heterocycles. The Morgan fingerprint density at radius 3 is 2.37 bits per heavy atom. The Kier molecular flexibility index (Phi) is 6.57. The van der Waals surface area contributed by atoms with Crippen LogP contribution in [0.5, 0.6) is 0 Å². The third-order valence-electron chi connectivity index (χ3n) is 3.64. The number of rotatable bonds is 6. The van der Waals surface area contributed by atoms with Crippen LogP contribution in [0.4, 0.5) is 0 Å². The minimum atomic E-state index is -3.49. The van der Waals surface area contributed by atoms with Crippen LogP contribution in [0.2, 0.25) is 0 Å². The van der Waals surface area contributed by atoms with Crippen LogP contribution in [-0.4, -0.2) is 40.6 Å². The summed E-state index contributed by atoms with van der Waals surface area (Å²) in [6.45, 7) is 8.75. The minimum Gasteiger partial charge on any atom is -0.381 e. The van der Waals surface area contributed by atoms with Gasteiger partial charge in [0.25, 0.3) is 0 Å². The summed E-state index contributed by atoms with van der Waals surface area (Å²) in [5, 5.41) is 0. The predicted molar refractivity (Wildman–Crippen MR) is 76.9 cm³/mol.